The van der Waals surface area contributed by atoms with Gasteiger partial charge in [-0.05, 0) is 6.42 Å². The van der Waals surface area contributed by atoms with E-state index >= 15 is 0 Å². The number of carbonyl (C=O) groups is 2. The monoisotopic (exact) mass is 234 g/mol. The molecule has 2 fully saturated rings. The van der Waals surface area contributed by atoms with Crippen LogP contribution in [0.1, 0.15) is 19.8 Å². The molecule has 16 heavy (non-hydrogen) atoms. The second kappa shape index (κ2) is 9.41. The quantitative estimate of drug-likeness (QED) is 0.378. The van der Waals surface area contributed by atoms with E-state index in [1.165, 1.54) is 0 Å². The molecule has 2 rings (SSSR count). The number of aldehydes is 2. The van der Waals surface area contributed by atoms with E-state index in [1.54, 1.807) is 0 Å². The summed E-state index contributed by atoms with van der Waals surface area (Å²) < 4.78 is 8.98. The molecule has 94 valence electrons. The van der Waals surface area contributed by atoms with Crippen molar-refractivity contribution in [1.82, 2.24) is 0 Å². The number of rotatable bonds is 4. The molecule has 6 heteroatoms. The molecule has 2 aliphatic rings. The van der Waals surface area contributed by atoms with Gasteiger partial charge in [-0.2, -0.15) is 0 Å². The Morgan fingerprint density at radius 3 is 1.56 bits per heavy atom. The maximum Gasteiger partial charge on any atom is 0.151 e. The Morgan fingerprint density at radius 2 is 1.56 bits per heavy atom. The average molecular weight is 234 g/mol. The molecule has 0 saturated carbocycles. The molecule has 6 nitrogen and oxygen atoms in total. The van der Waals surface area contributed by atoms with Crippen molar-refractivity contribution in [3.63, 3.8) is 0 Å². The van der Waals surface area contributed by atoms with Gasteiger partial charge in [0.2, 0.25) is 0 Å². The summed E-state index contributed by atoms with van der Waals surface area (Å²) >= 11 is 0. The van der Waals surface area contributed by atoms with Crippen LogP contribution in [0.2, 0.25) is 0 Å². The highest BCUT2D eigenvalue weighted by Crippen LogP contribution is 2.02. The highest BCUT2D eigenvalue weighted by Gasteiger charge is 2.20. The van der Waals surface area contributed by atoms with Crippen LogP contribution in [-0.4, -0.2) is 54.5 Å². The molecule has 0 aromatic rings. The van der Waals surface area contributed by atoms with Gasteiger partial charge in [0, 0.05) is 0 Å². The van der Waals surface area contributed by atoms with Crippen molar-refractivity contribution in [2.45, 2.75) is 38.3 Å². The van der Waals surface area contributed by atoms with Gasteiger partial charge in [0.05, 0.1) is 13.2 Å². The lowest BCUT2D eigenvalue weighted by Gasteiger charge is -1.94. The van der Waals surface area contributed by atoms with E-state index < -0.39 is 6.29 Å². The van der Waals surface area contributed by atoms with Crippen molar-refractivity contribution in [3.05, 3.63) is 0 Å². The van der Waals surface area contributed by atoms with Crippen LogP contribution >= 0.6 is 0 Å². The van der Waals surface area contributed by atoms with Gasteiger partial charge in [-0.3, -0.25) is 0 Å². The lowest BCUT2D eigenvalue weighted by molar-refractivity contribution is -0.109. The van der Waals surface area contributed by atoms with E-state index in [1.807, 2.05) is 6.92 Å². The third kappa shape index (κ3) is 13.2. The Labute approximate surface area is 94.2 Å². The van der Waals surface area contributed by atoms with Crippen LogP contribution in [0.25, 0.3) is 0 Å². The Bertz CT molecular complexity index is 170. The fourth-order valence-electron chi connectivity index (χ4n) is 0.526. The van der Waals surface area contributed by atoms with Gasteiger partial charge in [0.1, 0.15) is 12.2 Å². The zero-order valence-corrected chi connectivity index (χ0v) is 9.24. The molecule has 2 saturated heterocycles. The van der Waals surface area contributed by atoms with Gasteiger partial charge in [0.15, 0.2) is 18.9 Å². The van der Waals surface area contributed by atoms with E-state index in [0.717, 1.165) is 19.0 Å². The fourth-order valence-corrected chi connectivity index (χ4v) is 0.526. The first-order chi connectivity index (χ1) is 7.63. The Balaban J connectivity index is 0.000000211. The van der Waals surface area contributed by atoms with E-state index in [9.17, 15) is 9.59 Å². The third-order valence-corrected chi connectivity index (χ3v) is 1.57. The van der Waals surface area contributed by atoms with E-state index in [4.69, 9.17) is 10.2 Å². The smallest absolute Gasteiger partial charge is 0.151 e. The summed E-state index contributed by atoms with van der Waals surface area (Å²) in [7, 11) is 0. The van der Waals surface area contributed by atoms with Crippen molar-refractivity contribution < 1.29 is 29.3 Å². The maximum absolute atomic E-state index is 9.44. The van der Waals surface area contributed by atoms with Crippen molar-refractivity contribution in [3.8, 4) is 0 Å². The minimum atomic E-state index is -1.10. The summed E-state index contributed by atoms with van der Waals surface area (Å²) in [6.07, 6.45) is 1.73. The highest BCUT2D eigenvalue weighted by atomic mass is 16.6. The van der Waals surface area contributed by atoms with E-state index in [0.29, 0.717) is 19.6 Å². The maximum atomic E-state index is 9.44. The molecule has 2 N–H and O–H groups in total. The molecule has 0 aliphatic carbocycles. The van der Waals surface area contributed by atoms with Gasteiger partial charge in [-0.25, -0.2) is 0 Å². The van der Waals surface area contributed by atoms with Crippen LogP contribution in [0.4, 0.5) is 0 Å². The molecule has 0 radical (unpaired) electrons. The number of epoxide rings is 2. The number of aliphatic hydroxyl groups is 2. The number of hydrogen-bond donors (Lipinski definition) is 2. The minimum Gasteiger partial charge on any atom is -0.368 e. The summed E-state index contributed by atoms with van der Waals surface area (Å²) in [6.45, 7) is 3.19. The molecular formula is C10H18O6. The fraction of sp³-hybridized carbons (Fsp3) is 0.800. The molecule has 0 aromatic carbocycles. The van der Waals surface area contributed by atoms with Crippen LogP contribution < -0.4 is 0 Å². The van der Waals surface area contributed by atoms with Crippen molar-refractivity contribution in [1.29, 1.82) is 0 Å². The molecular weight excluding hydrogens is 216 g/mol. The largest absolute Gasteiger partial charge is 0.368 e. The van der Waals surface area contributed by atoms with E-state index in [-0.39, 0.29) is 12.2 Å². The summed E-state index contributed by atoms with van der Waals surface area (Å²) in [5, 5.41) is 16.2. The molecule has 0 aromatic heterocycles. The number of carbonyl (C=O) groups excluding carboxylic acids is 2. The molecule has 0 bridgehead atoms. The average Bonchev–Trinajstić information content (AvgIpc) is 3.13. The normalized spacial score (nSPS) is 24.5. The first-order valence-corrected chi connectivity index (χ1v) is 5.14. The third-order valence-electron chi connectivity index (χ3n) is 1.57. The van der Waals surface area contributed by atoms with Crippen molar-refractivity contribution in [2.24, 2.45) is 0 Å². The Hall–Kier alpha value is -0.820. The predicted octanol–water partition coefficient (Wildman–Crippen LogP) is -0.735. The zero-order valence-electron chi connectivity index (χ0n) is 9.24. The van der Waals surface area contributed by atoms with Gasteiger partial charge in [-0.15, -0.1) is 0 Å². The minimum absolute atomic E-state index is 0.0463. The lowest BCUT2D eigenvalue weighted by Crippen LogP contribution is -2.01. The van der Waals surface area contributed by atoms with Gasteiger partial charge in [-0.1, -0.05) is 13.3 Å². The Kier molecular flexibility index (Phi) is 8.93. The summed E-state index contributed by atoms with van der Waals surface area (Å²) in [6, 6.07) is 0. The van der Waals surface area contributed by atoms with Crippen LogP contribution in [0.15, 0.2) is 0 Å². The highest BCUT2D eigenvalue weighted by molar-refractivity contribution is 5.59. The molecule has 2 unspecified atom stereocenters. The van der Waals surface area contributed by atoms with Gasteiger partial charge >= 0.3 is 0 Å². The van der Waals surface area contributed by atoms with Crippen LogP contribution in [0.5, 0.6) is 0 Å². The van der Waals surface area contributed by atoms with Crippen LogP contribution in [0, 0.1) is 0 Å². The molecule has 0 amide bonds. The Morgan fingerprint density at radius 1 is 1.19 bits per heavy atom. The summed E-state index contributed by atoms with van der Waals surface area (Å²) in [5.74, 6) is 0. The van der Waals surface area contributed by atoms with Crippen molar-refractivity contribution >= 4 is 12.6 Å². The standard InChI is InChI=1S/C4H10O2.2C3H4O2/c1-2-3-4(5)6;2*4-1-3-2-5-3/h4-6H,2-3H2,1H3;2*1,3H,2H2. The number of aliphatic hydroxyl groups excluding tert-OH is 1. The SMILES string of the molecule is CCCC(O)O.O=CC1CO1.O=CC1CO1. The second-order valence-corrected chi connectivity index (χ2v) is 3.29. The molecule has 2 atom stereocenters. The topological polar surface area (TPSA) is 99.7 Å². The molecule has 0 spiro atoms. The summed E-state index contributed by atoms with van der Waals surface area (Å²) in [5.41, 5.74) is 0. The first-order valence-electron chi connectivity index (χ1n) is 5.14. The second-order valence-electron chi connectivity index (χ2n) is 3.29. The lowest BCUT2D eigenvalue weighted by atomic mass is 10.3. The van der Waals surface area contributed by atoms with Crippen LogP contribution in [0.3, 0.4) is 0 Å². The van der Waals surface area contributed by atoms with Gasteiger partial charge < -0.3 is 29.3 Å². The number of hydrogen-bond acceptors (Lipinski definition) is 6. The van der Waals surface area contributed by atoms with Gasteiger partial charge in [0.25, 0.3) is 0 Å². The molecule has 2 aliphatic heterocycles. The van der Waals surface area contributed by atoms with Crippen molar-refractivity contribution in [2.75, 3.05) is 13.2 Å². The molecule has 2 heterocycles. The number of ether oxygens (including phenoxy) is 2. The van der Waals surface area contributed by atoms with Crippen LogP contribution in [-0.2, 0) is 19.1 Å². The zero-order chi connectivity index (χ0) is 12.4. The predicted molar refractivity (Wildman–Crippen MR) is 54.7 cm³/mol. The van der Waals surface area contributed by atoms with E-state index in [2.05, 4.69) is 9.47 Å². The summed E-state index contributed by atoms with van der Waals surface area (Å²) in [4.78, 5) is 18.9. The first kappa shape index (κ1) is 15.2.